The van der Waals surface area contributed by atoms with Crippen LogP contribution in [0.4, 0.5) is 0 Å². The lowest BCUT2D eigenvalue weighted by Crippen LogP contribution is -2.16. The lowest BCUT2D eigenvalue weighted by Gasteiger charge is -2.12. The minimum atomic E-state index is -0.523. The third kappa shape index (κ3) is 2.55. The molecule has 0 aliphatic carbocycles. The molecule has 76 valence electrons. The van der Waals surface area contributed by atoms with Crippen molar-refractivity contribution >= 4 is 5.97 Å². The highest BCUT2D eigenvalue weighted by Crippen LogP contribution is 2.23. The Kier molecular flexibility index (Phi) is 3.62. The van der Waals surface area contributed by atoms with Crippen LogP contribution in [0, 0.1) is 0 Å². The molecule has 0 heterocycles. The number of ether oxygens (including phenoxy) is 1. The minimum Gasteiger partial charge on any atom is -0.426 e. The van der Waals surface area contributed by atoms with Gasteiger partial charge in [0.05, 0.1) is 12.6 Å². The molecule has 1 aromatic rings. The zero-order valence-electron chi connectivity index (χ0n) is 7.93. The summed E-state index contributed by atoms with van der Waals surface area (Å²) in [6.07, 6.45) is 0. The number of nitrogens with two attached hydrogens (primary N) is 1. The molecule has 0 bridgehead atoms. The molecule has 4 nitrogen and oxygen atoms in total. The van der Waals surface area contributed by atoms with Gasteiger partial charge in [-0.2, -0.15) is 0 Å². The molecular formula is C10H13NO3. The highest BCUT2D eigenvalue weighted by molar-refractivity contribution is 5.69. The molecule has 0 unspecified atom stereocenters. The van der Waals surface area contributed by atoms with Crippen molar-refractivity contribution in [3.63, 3.8) is 0 Å². The van der Waals surface area contributed by atoms with Crippen molar-refractivity contribution in [1.82, 2.24) is 0 Å². The maximum Gasteiger partial charge on any atom is 0.308 e. The number of hydrogen-bond acceptors (Lipinski definition) is 4. The van der Waals surface area contributed by atoms with Crippen LogP contribution in [0.15, 0.2) is 24.3 Å². The number of aliphatic hydroxyl groups is 1. The highest BCUT2D eigenvalue weighted by atomic mass is 16.5. The molecule has 0 amide bonds. The van der Waals surface area contributed by atoms with Gasteiger partial charge in [0.1, 0.15) is 5.75 Å². The number of rotatable bonds is 3. The van der Waals surface area contributed by atoms with Gasteiger partial charge in [-0.25, -0.2) is 0 Å². The van der Waals surface area contributed by atoms with Crippen molar-refractivity contribution in [3.8, 4) is 5.75 Å². The lowest BCUT2D eigenvalue weighted by molar-refractivity contribution is -0.131. The first-order valence-electron chi connectivity index (χ1n) is 4.29. The van der Waals surface area contributed by atoms with Gasteiger partial charge in [0.25, 0.3) is 0 Å². The lowest BCUT2D eigenvalue weighted by atomic mass is 10.1. The summed E-state index contributed by atoms with van der Waals surface area (Å²) in [6, 6.07) is 6.36. The van der Waals surface area contributed by atoms with Crippen LogP contribution in [0.3, 0.4) is 0 Å². The molecule has 0 aliphatic heterocycles. The predicted molar refractivity (Wildman–Crippen MR) is 51.8 cm³/mol. The van der Waals surface area contributed by atoms with Gasteiger partial charge in [0.15, 0.2) is 0 Å². The van der Waals surface area contributed by atoms with Gasteiger partial charge in [-0.05, 0) is 6.07 Å². The standard InChI is InChI=1S/C10H13NO3/c1-7(13)14-10-5-3-2-4-8(10)9(11)6-12/h2-5,9,12H,6,11H2,1H3/t9-/m1/s1. The van der Waals surface area contributed by atoms with Crippen LogP contribution in [-0.2, 0) is 4.79 Å². The fraction of sp³-hybridized carbons (Fsp3) is 0.300. The van der Waals surface area contributed by atoms with E-state index in [-0.39, 0.29) is 6.61 Å². The van der Waals surface area contributed by atoms with Crippen molar-refractivity contribution < 1.29 is 14.6 Å². The van der Waals surface area contributed by atoms with Crippen LogP contribution >= 0.6 is 0 Å². The Morgan fingerprint density at radius 2 is 2.21 bits per heavy atom. The van der Waals surface area contributed by atoms with Gasteiger partial charge in [0.2, 0.25) is 0 Å². The first kappa shape index (κ1) is 10.7. The summed E-state index contributed by atoms with van der Waals surface area (Å²) in [5.41, 5.74) is 6.26. The van der Waals surface area contributed by atoms with Crippen LogP contribution in [0.1, 0.15) is 18.5 Å². The molecule has 1 atom stereocenters. The largest absolute Gasteiger partial charge is 0.426 e. The monoisotopic (exact) mass is 195 g/mol. The van der Waals surface area contributed by atoms with E-state index < -0.39 is 12.0 Å². The maximum atomic E-state index is 10.8. The molecule has 0 radical (unpaired) electrons. The van der Waals surface area contributed by atoms with Crippen molar-refractivity contribution in [2.24, 2.45) is 5.73 Å². The molecule has 1 rings (SSSR count). The number of esters is 1. The van der Waals surface area contributed by atoms with E-state index in [0.29, 0.717) is 11.3 Å². The first-order valence-corrected chi connectivity index (χ1v) is 4.29. The summed E-state index contributed by atoms with van der Waals surface area (Å²) in [5, 5.41) is 8.88. The highest BCUT2D eigenvalue weighted by Gasteiger charge is 2.11. The summed E-state index contributed by atoms with van der Waals surface area (Å²) in [4.78, 5) is 10.8. The van der Waals surface area contributed by atoms with E-state index in [1.165, 1.54) is 6.92 Å². The SMILES string of the molecule is CC(=O)Oc1ccccc1[C@H](N)CO. The third-order valence-corrected chi connectivity index (χ3v) is 1.77. The van der Waals surface area contributed by atoms with Crippen LogP contribution in [0.25, 0.3) is 0 Å². The second-order valence-electron chi connectivity index (χ2n) is 2.92. The number of hydrogen-bond donors (Lipinski definition) is 2. The smallest absolute Gasteiger partial charge is 0.308 e. The van der Waals surface area contributed by atoms with E-state index in [9.17, 15) is 4.79 Å². The molecule has 3 N–H and O–H groups in total. The number of aliphatic hydroxyl groups excluding tert-OH is 1. The first-order chi connectivity index (χ1) is 6.65. The Hall–Kier alpha value is -1.39. The average Bonchev–Trinajstić information content (AvgIpc) is 2.16. The molecule has 4 heteroatoms. The minimum absolute atomic E-state index is 0.182. The summed E-state index contributed by atoms with van der Waals surface area (Å²) in [7, 11) is 0. The summed E-state index contributed by atoms with van der Waals surface area (Å²) >= 11 is 0. The van der Waals surface area contributed by atoms with E-state index >= 15 is 0 Å². The zero-order chi connectivity index (χ0) is 10.6. The Morgan fingerprint density at radius 3 is 2.79 bits per heavy atom. The maximum absolute atomic E-state index is 10.8. The second-order valence-corrected chi connectivity index (χ2v) is 2.92. The van der Waals surface area contributed by atoms with Gasteiger partial charge in [-0.15, -0.1) is 0 Å². The zero-order valence-corrected chi connectivity index (χ0v) is 7.93. The van der Waals surface area contributed by atoms with E-state index in [1.54, 1.807) is 24.3 Å². The number of carbonyl (C=O) groups excluding carboxylic acids is 1. The van der Waals surface area contributed by atoms with Crippen molar-refractivity contribution in [1.29, 1.82) is 0 Å². The molecular weight excluding hydrogens is 182 g/mol. The molecule has 0 saturated carbocycles. The third-order valence-electron chi connectivity index (χ3n) is 1.77. The normalized spacial score (nSPS) is 12.2. The van der Waals surface area contributed by atoms with Gasteiger partial charge >= 0.3 is 5.97 Å². The van der Waals surface area contributed by atoms with Gasteiger partial charge in [-0.1, -0.05) is 18.2 Å². The number of carbonyl (C=O) groups is 1. The molecule has 0 aromatic heterocycles. The number of benzene rings is 1. The van der Waals surface area contributed by atoms with Crippen LogP contribution in [-0.4, -0.2) is 17.7 Å². The predicted octanol–water partition coefficient (Wildman–Crippen LogP) is 0.604. The Balaban J connectivity index is 2.96. The molecule has 0 aliphatic rings. The molecule has 0 saturated heterocycles. The van der Waals surface area contributed by atoms with E-state index in [1.807, 2.05) is 0 Å². The Morgan fingerprint density at radius 1 is 1.57 bits per heavy atom. The van der Waals surface area contributed by atoms with Gasteiger partial charge < -0.3 is 15.6 Å². The van der Waals surface area contributed by atoms with Crippen LogP contribution in [0.2, 0.25) is 0 Å². The van der Waals surface area contributed by atoms with E-state index in [2.05, 4.69) is 0 Å². The second kappa shape index (κ2) is 4.74. The molecule has 0 spiro atoms. The van der Waals surface area contributed by atoms with Crippen molar-refractivity contribution in [2.45, 2.75) is 13.0 Å². The number of para-hydroxylation sites is 1. The van der Waals surface area contributed by atoms with E-state index in [4.69, 9.17) is 15.6 Å². The van der Waals surface area contributed by atoms with Crippen LogP contribution < -0.4 is 10.5 Å². The van der Waals surface area contributed by atoms with Crippen LogP contribution in [0.5, 0.6) is 5.75 Å². The Bertz CT molecular complexity index is 325. The molecule has 0 fully saturated rings. The molecule has 1 aromatic carbocycles. The summed E-state index contributed by atoms with van der Waals surface area (Å²) in [6.45, 7) is 1.14. The average molecular weight is 195 g/mol. The quantitative estimate of drug-likeness (QED) is 0.547. The van der Waals surface area contributed by atoms with Gasteiger partial charge in [0, 0.05) is 12.5 Å². The summed E-state index contributed by atoms with van der Waals surface area (Å²) in [5.74, 6) is 0.00383. The fourth-order valence-corrected chi connectivity index (χ4v) is 1.13. The fourth-order valence-electron chi connectivity index (χ4n) is 1.13. The van der Waals surface area contributed by atoms with Crippen molar-refractivity contribution in [2.75, 3.05) is 6.61 Å². The van der Waals surface area contributed by atoms with Gasteiger partial charge in [-0.3, -0.25) is 4.79 Å². The molecule has 14 heavy (non-hydrogen) atoms. The Labute approximate surface area is 82.3 Å². The van der Waals surface area contributed by atoms with E-state index in [0.717, 1.165) is 0 Å². The van der Waals surface area contributed by atoms with Crippen molar-refractivity contribution in [3.05, 3.63) is 29.8 Å². The topological polar surface area (TPSA) is 72.5 Å². The summed E-state index contributed by atoms with van der Waals surface area (Å²) < 4.78 is 4.94.